The van der Waals surface area contributed by atoms with Gasteiger partial charge in [-0.2, -0.15) is 0 Å². The standard InChI is InChI=1S/C6H6O2.Bi/c7-5-1-2-6(8)4-3-5;/h1-4,7-8H;. The molecule has 0 aliphatic rings. The van der Waals surface area contributed by atoms with Crippen LogP contribution in [0.2, 0.25) is 0 Å². The summed E-state index contributed by atoms with van der Waals surface area (Å²) < 4.78 is 0. The number of hydrogen-bond acceptors (Lipinski definition) is 2. The van der Waals surface area contributed by atoms with Crippen LogP contribution in [0.4, 0.5) is 0 Å². The van der Waals surface area contributed by atoms with Gasteiger partial charge >= 0.3 is 0 Å². The molecule has 0 bridgehead atoms. The predicted molar refractivity (Wildman–Crippen MR) is 35.5 cm³/mol. The summed E-state index contributed by atoms with van der Waals surface area (Å²) in [6.45, 7) is 0. The molecule has 0 unspecified atom stereocenters. The van der Waals surface area contributed by atoms with E-state index in [9.17, 15) is 0 Å². The predicted octanol–water partition coefficient (Wildman–Crippen LogP) is 0.717. The van der Waals surface area contributed by atoms with Crippen molar-refractivity contribution >= 4 is 26.2 Å². The minimum Gasteiger partial charge on any atom is -0.508 e. The van der Waals surface area contributed by atoms with Gasteiger partial charge in [0.2, 0.25) is 0 Å². The van der Waals surface area contributed by atoms with Crippen molar-refractivity contribution in [3.8, 4) is 11.5 Å². The second kappa shape index (κ2) is 3.68. The summed E-state index contributed by atoms with van der Waals surface area (Å²) in [6.07, 6.45) is 0. The first kappa shape index (κ1) is 8.70. The van der Waals surface area contributed by atoms with E-state index in [0.717, 1.165) is 0 Å². The molecule has 47 valence electrons. The van der Waals surface area contributed by atoms with E-state index in [1.807, 2.05) is 0 Å². The SMILES string of the molecule is Oc1ccc(O)cc1.[Bi]. The Morgan fingerprint density at radius 2 is 1.00 bits per heavy atom. The minimum absolute atomic E-state index is 0. The summed E-state index contributed by atoms with van der Waals surface area (Å²) in [5.41, 5.74) is 0. The first-order valence-electron chi connectivity index (χ1n) is 2.27. The van der Waals surface area contributed by atoms with Gasteiger partial charge in [-0.05, 0) is 24.3 Å². The zero-order valence-electron chi connectivity index (χ0n) is 4.65. The van der Waals surface area contributed by atoms with Crippen LogP contribution >= 0.6 is 0 Å². The molecule has 3 heteroatoms. The van der Waals surface area contributed by atoms with Crippen LogP contribution in [-0.2, 0) is 0 Å². The zero-order valence-corrected chi connectivity index (χ0v) is 8.13. The Hall–Kier alpha value is -0.297. The summed E-state index contributed by atoms with van der Waals surface area (Å²) in [4.78, 5) is 0. The smallest absolute Gasteiger partial charge is 0.115 e. The normalized spacial score (nSPS) is 8.00. The van der Waals surface area contributed by atoms with Gasteiger partial charge in [0.25, 0.3) is 0 Å². The maximum absolute atomic E-state index is 8.65. The maximum Gasteiger partial charge on any atom is 0.115 e. The molecule has 3 radical (unpaired) electrons. The first-order chi connectivity index (χ1) is 3.79. The molecule has 0 fully saturated rings. The summed E-state index contributed by atoms with van der Waals surface area (Å²) in [5.74, 6) is 0.339. The molecular weight excluding hydrogens is 313 g/mol. The molecule has 0 heterocycles. The fourth-order valence-electron chi connectivity index (χ4n) is 0.453. The fraction of sp³-hybridized carbons (Fsp3) is 0. The molecule has 1 rings (SSSR count). The van der Waals surface area contributed by atoms with E-state index in [2.05, 4.69) is 0 Å². The van der Waals surface area contributed by atoms with Crippen LogP contribution in [0.5, 0.6) is 11.5 Å². The van der Waals surface area contributed by atoms with Gasteiger partial charge < -0.3 is 10.2 Å². The molecule has 9 heavy (non-hydrogen) atoms. The summed E-state index contributed by atoms with van der Waals surface area (Å²) in [7, 11) is 0. The average molecular weight is 319 g/mol. The second-order valence-electron chi connectivity index (χ2n) is 1.52. The van der Waals surface area contributed by atoms with E-state index in [1.165, 1.54) is 24.3 Å². The largest absolute Gasteiger partial charge is 0.508 e. The molecule has 0 saturated carbocycles. The van der Waals surface area contributed by atoms with Gasteiger partial charge in [0, 0.05) is 26.2 Å². The maximum atomic E-state index is 8.65. The summed E-state index contributed by atoms with van der Waals surface area (Å²) in [6, 6.07) is 5.70. The van der Waals surface area contributed by atoms with Crippen LogP contribution in [0.15, 0.2) is 24.3 Å². The number of aromatic hydroxyl groups is 2. The third-order valence-corrected chi connectivity index (χ3v) is 0.850. The van der Waals surface area contributed by atoms with Gasteiger partial charge in [-0.15, -0.1) is 0 Å². The van der Waals surface area contributed by atoms with Crippen LogP contribution in [0, 0.1) is 0 Å². The number of phenols is 2. The third kappa shape index (κ3) is 2.66. The van der Waals surface area contributed by atoms with Crippen LogP contribution in [-0.4, -0.2) is 36.4 Å². The molecule has 1 aromatic carbocycles. The molecule has 0 aliphatic heterocycles. The monoisotopic (exact) mass is 319 g/mol. The Kier molecular flexibility index (Phi) is 3.55. The van der Waals surface area contributed by atoms with Crippen molar-refractivity contribution in [2.45, 2.75) is 0 Å². The van der Waals surface area contributed by atoms with Crippen molar-refractivity contribution in [2.75, 3.05) is 0 Å². The van der Waals surface area contributed by atoms with E-state index >= 15 is 0 Å². The Bertz CT molecular complexity index is 150. The van der Waals surface area contributed by atoms with E-state index in [0.29, 0.717) is 0 Å². The summed E-state index contributed by atoms with van der Waals surface area (Å²) >= 11 is 0. The average Bonchev–Trinajstić information content (AvgIpc) is 1.77. The van der Waals surface area contributed by atoms with Crippen LogP contribution in [0.1, 0.15) is 0 Å². The van der Waals surface area contributed by atoms with Gasteiger partial charge in [-0.25, -0.2) is 0 Å². The topological polar surface area (TPSA) is 40.5 Å². The number of rotatable bonds is 0. The summed E-state index contributed by atoms with van der Waals surface area (Å²) in [5, 5.41) is 17.3. The van der Waals surface area contributed by atoms with Gasteiger partial charge in [-0.3, -0.25) is 0 Å². The van der Waals surface area contributed by atoms with Gasteiger partial charge in [-0.1, -0.05) is 0 Å². The van der Waals surface area contributed by atoms with Crippen molar-refractivity contribution in [3.63, 3.8) is 0 Å². The van der Waals surface area contributed by atoms with Crippen LogP contribution in [0.25, 0.3) is 0 Å². The quantitative estimate of drug-likeness (QED) is 0.546. The van der Waals surface area contributed by atoms with E-state index in [1.54, 1.807) is 0 Å². The van der Waals surface area contributed by atoms with E-state index in [4.69, 9.17) is 10.2 Å². The van der Waals surface area contributed by atoms with Gasteiger partial charge in [0.15, 0.2) is 0 Å². The zero-order chi connectivity index (χ0) is 5.98. The van der Waals surface area contributed by atoms with Crippen molar-refractivity contribution < 1.29 is 10.2 Å². The van der Waals surface area contributed by atoms with Gasteiger partial charge in [0.05, 0.1) is 0 Å². The number of benzene rings is 1. The van der Waals surface area contributed by atoms with Crippen LogP contribution in [0.3, 0.4) is 0 Å². The van der Waals surface area contributed by atoms with E-state index in [-0.39, 0.29) is 37.7 Å². The van der Waals surface area contributed by atoms with Crippen molar-refractivity contribution in [1.29, 1.82) is 0 Å². The molecule has 0 atom stereocenters. The molecular formula is C6H6BiO2. The molecule has 0 aliphatic carbocycles. The fourth-order valence-corrected chi connectivity index (χ4v) is 0.453. The molecule has 0 amide bonds. The Balaban J connectivity index is 0.000000640. The van der Waals surface area contributed by atoms with Crippen molar-refractivity contribution in [1.82, 2.24) is 0 Å². The second-order valence-corrected chi connectivity index (χ2v) is 1.52. The van der Waals surface area contributed by atoms with Gasteiger partial charge in [0.1, 0.15) is 11.5 Å². The minimum atomic E-state index is 0. The van der Waals surface area contributed by atoms with Crippen molar-refractivity contribution in [2.24, 2.45) is 0 Å². The third-order valence-electron chi connectivity index (χ3n) is 0.850. The Labute approximate surface area is 72.3 Å². The van der Waals surface area contributed by atoms with Crippen molar-refractivity contribution in [3.05, 3.63) is 24.3 Å². The first-order valence-corrected chi connectivity index (χ1v) is 2.27. The molecule has 0 saturated heterocycles. The molecule has 1 aromatic rings. The number of hydrogen-bond donors (Lipinski definition) is 2. The molecule has 2 nitrogen and oxygen atoms in total. The van der Waals surface area contributed by atoms with E-state index < -0.39 is 0 Å². The molecule has 2 N–H and O–H groups in total. The molecule has 0 aromatic heterocycles. The Morgan fingerprint density at radius 3 is 1.22 bits per heavy atom. The van der Waals surface area contributed by atoms with Crippen LogP contribution < -0.4 is 0 Å². The number of phenolic OH excluding ortho intramolecular Hbond substituents is 2. The Morgan fingerprint density at radius 1 is 0.778 bits per heavy atom. The molecule has 0 spiro atoms.